The lowest BCUT2D eigenvalue weighted by molar-refractivity contribution is -0.109. The quantitative estimate of drug-likeness (QED) is 0.779. The van der Waals surface area contributed by atoms with Gasteiger partial charge in [-0.3, -0.25) is 0 Å². The summed E-state index contributed by atoms with van der Waals surface area (Å²) in [5, 5.41) is 10.3. The van der Waals surface area contributed by atoms with E-state index < -0.39 is 0 Å². The molecular formula is C13H24O2. The number of hydrogen-bond acceptors (Lipinski definition) is 2. The van der Waals surface area contributed by atoms with E-state index in [1.807, 2.05) is 0 Å². The van der Waals surface area contributed by atoms with E-state index in [0.717, 1.165) is 57.2 Å². The summed E-state index contributed by atoms with van der Waals surface area (Å²) >= 11 is 0. The van der Waals surface area contributed by atoms with Crippen molar-refractivity contribution in [3.05, 3.63) is 0 Å². The van der Waals surface area contributed by atoms with Gasteiger partial charge in [-0.2, -0.15) is 0 Å². The average Bonchev–Trinajstić information content (AvgIpc) is 2.15. The predicted molar refractivity (Wildman–Crippen MR) is 60.7 cm³/mol. The van der Waals surface area contributed by atoms with Crippen molar-refractivity contribution in [1.82, 2.24) is 0 Å². The summed E-state index contributed by atoms with van der Waals surface area (Å²) in [4.78, 5) is 0. The molecule has 2 nitrogen and oxygen atoms in total. The van der Waals surface area contributed by atoms with Crippen LogP contribution in [0.3, 0.4) is 0 Å². The predicted octanol–water partition coefficient (Wildman–Crippen LogP) is 2.60. The van der Waals surface area contributed by atoms with Crippen LogP contribution >= 0.6 is 0 Å². The van der Waals surface area contributed by atoms with Crippen LogP contribution in [0.5, 0.6) is 0 Å². The van der Waals surface area contributed by atoms with E-state index in [-0.39, 0.29) is 5.60 Å². The van der Waals surface area contributed by atoms with Crippen LogP contribution in [-0.2, 0) is 4.74 Å². The Bertz CT molecular complexity index is 201. The molecule has 1 aliphatic heterocycles. The smallest absolute Gasteiger partial charge is 0.0656 e. The van der Waals surface area contributed by atoms with Crippen LogP contribution in [0.4, 0.5) is 0 Å². The standard InChI is InChI=1S/C13H24O2/c1-10(2)12-8-13(14,9-12)7-11-3-5-15-6-4-11/h10-12,14H,3-9H2,1-2H3. The first-order valence-electron chi connectivity index (χ1n) is 6.39. The molecule has 0 spiro atoms. The molecule has 2 rings (SSSR count). The van der Waals surface area contributed by atoms with Crippen molar-refractivity contribution in [2.75, 3.05) is 13.2 Å². The molecule has 1 aliphatic carbocycles. The van der Waals surface area contributed by atoms with Crippen molar-refractivity contribution in [3.8, 4) is 0 Å². The van der Waals surface area contributed by atoms with Gasteiger partial charge in [-0.1, -0.05) is 13.8 Å². The van der Waals surface area contributed by atoms with Gasteiger partial charge in [0.15, 0.2) is 0 Å². The third kappa shape index (κ3) is 2.73. The first-order chi connectivity index (χ1) is 7.09. The summed E-state index contributed by atoms with van der Waals surface area (Å²) in [6, 6.07) is 0. The molecule has 0 radical (unpaired) electrons. The molecule has 0 bridgehead atoms. The molecule has 0 atom stereocenters. The molecule has 1 saturated carbocycles. The highest BCUT2D eigenvalue weighted by molar-refractivity contribution is 4.96. The van der Waals surface area contributed by atoms with Gasteiger partial charge in [-0.15, -0.1) is 0 Å². The lowest BCUT2D eigenvalue weighted by Crippen LogP contribution is -2.47. The van der Waals surface area contributed by atoms with E-state index >= 15 is 0 Å². The van der Waals surface area contributed by atoms with E-state index in [0.29, 0.717) is 5.92 Å². The molecular weight excluding hydrogens is 188 g/mol. The molecule has 2 heteroatoms. The highest BCUT2D eigenvalue weighted by atomic mass is 16.5. The van der Waals surface area contributed by atoms with Crippen LogP contribution in [-0.4, -0.2) is 23.9 Å². The summed E-state index contributed by atoms with van der Waals surface area (Å²) < 4.78 is 5.34. The maximum Gasteiger partial charge on any atom is 0.0656 e. The molecule has 2 fully saturated rings. The topological polar surface area (TPSA) is 29.5 Å². The van der Waals surface area contributed by atoms with Crippen LogP contribution in [0.1, 0.15) is 46.0 Å². The van der Waals surface area contributed by atoms with Crippen molar-refractivity contribution in [2.45, 2.75) is 51.6 Å². The molecule has 0 unspecified atom stereocenters. The second-order valence-electron chi connectivity index (χ2n) is 5.90. The summed E-state index contributed by atoms with van der Waals surface area (Å²) in [7, 11) is 0. The Morgan fingerprint density at radius 2 is 1.87 bits per heavy atom. The molecule has 0 aromatic heterocycles. The minimum atomic E-state index is -0.322. The van der Waals surface area contributed by atoms with Crippen LogP contribution in [0.15, 0.2) is 0 Å². The third-order valence-electron chi connectivity index (χ3n) is 4.24. The van der Waals surface area contributed by atoms with Crippen LogP contribution in [0.2, 0.25) is 0 Å². The van der Waals surface area contributed by atoms with Gasteiger partial charge >= 0.3 is 0 Å². The van der Waals surface area contributed by atoms with Crippen molar-refractivity contribution in [2.24, 2.45) is 17.8 Å². The summed E-state index contributed by atoms with van der Waals surface area (Å²) in [6.45, 7) is 6.32. The van der Waals surface area contributed by atoms with Crippen LogP contribution in [0.25, 0.3) is 0 Å². The highest BCUT2D eigenvalue weighted by Crippen LogP contribution is 2.46. The van der Waals surface area contributed by atoms with Gasteiger partial charge in [0.2, 0.25) is 0 Å². The summed E-state index contributed by atoms with van der Waals surface area (Å²) in [5.74, 6) is 2.20. The average molecular weight is 212 g/mol. The highest BCUT2D eigenvalue weighted by Gasteiger charge is 2.44. The normalized spacial score (nSPS) is 38.0. The Morgan fingerprint density at radius 1 is 1.27 bits per heavy atom. The number of hydrogen-bond donors (Lipinski definition) is 1. The first-order valence-corrected chi connectivity index (χ1v) is 6.39. The van der Waals surface area contributed by atoms with E-state index in [9.17, 15) is 5.11 Å². The largest absolute Gasteiger partial charge is 0.390 e. The molecule has 1 heterocycles. The van der Waals surface area contributed by atoms with Gasteiger partial charge in [0.1, 0.15) is 0 Å². The molecule has 2 aliphatic rings. The summed E-state index contributed by atoms with van der Waals surface area (Å²) in [6.07, 6.45) is 5.37. The van der Waals surface area contributed by atoms with E-state index in [1.165, 1.54) is 0 Å². The second kappa shape index (κ2) is 4.42. The minimum Gasteiger partial charge on any atom is -0.390 e. The zero-order chi connectivity index (χ0) is 10.9. The molecule has 1 saturated heterocycles. The van der Waals surface area contributed by atoms with Gasteiger partial charge < -0.3 is 9.84 Å². The zero-order valence-electron chi connectivity index (χ0n) is 10.0. The van der Waals surface area contributed by atoms with Crippen LogP contribution < -0.4 is 0 Å². The lowest BCUT2D eigenvalue weighted by atomic mass is 9.63. The molecule has 88 valence electrons. The van der Waals surface area contributed by atoms with Gasteiger partial charge in [0, 0.05) is 13.2 Å². The Kier molecular flexibility index (Phi) is 3.36. The van der Waals surface area contributed by atoms with E-state index in [4.69, 9.17) is 4.74 Å². The van der Waals surface area contributed by atoms with Gasteiger partial charge in [0.05, 0.1) is 5.60 Å². The summed E-state index contributed by atoms with van der Waals surface area (Å²) in [5.41, 5.74) is -0.322. The SMILES string of the molecule is CC(C)C1CC(O)(CC2CCOCC2)C1. The lowest BCUT2D eigenvalue weighted by Gasteiger charge is -2.47. The Labute approximate surface area is 93.0 Å². The maximum atomic E-state index is 10.3. The molecule has 15 heavy (non-hydrogen) atoms. The number of ether oxygens (including phenoxy) is 1. The maximum absolute atomic E-state index is 10.3. The fourth-order valence-corrected chi connectivity index (χ4v) is 3.04. The Morgan fingerprint density at radius 3 is 2.40 bits per heavy atom. The van der Waals surface area contributed by atoms with Crippen molar-refractivity contribution >= 4 is 0 Å². The first kappa shape index (κ1) is 11.4. The molecule has 0 aromatic rings. The van der Waals surface area contributed by atoms with E-state index in [2.05, 4.69) is 13.8 Å². The van der Waals surface area contributed by atoms with E-state index in [1.54, 1.807) is 0 Å². The monoisotopic (exact) mass is 212 g/mol. The fourth-order valence-electron chi connectivity index (χ4n) is 3.04. The second-order valence-corrected chi connectivity index (χ2v) is 5.90. The van der Waals surface area contributed by atoms with Gasteiger partial charge in [-0.05, 0) is 49.9 Å². The zero-order valence-corrected chi connectivity index (χ0v) is 10.0. The fraction of sp³-hybridized carbons (Fsp3) is 1.00. The molecule has 0 aromatic carbocycles. The molecule has 1 N–H and O–H groups in total. The number of aliphatic hydroxyl groups is 1. The van der Waals surface area contributed by atoms with Crippen molar-refractivity contribution < 1.29 is 9.84 Å². The van der Waals surface area contributed by atoms with Crippen LogP contribution in [0, 0.1) is 17.8 Å². The van der Waals surface area contributed by atoms with Gasteiger partial charge in [0.25, 0.3) is 0 Å². The Hall–Kier alpha value is -0.0800. The minimum absolute atomic E-state index is 0.322. The third-order valence-corrected chi connectivity index (χ3v) is 4.24. The van der Waals surface area contributed by atoms with Crippen molar-refractivity contribution in [3.63, 3.8) is 0 Å². The molecule has 0 amide bonds. The van der Waals surface area contributed by atoms with Crippen molar-refractivity contribution in [1.29, 1.82) is 0 Å². The Balaban J connectivity index is 1.75. The number of rotatable bonds is 3. The van der Waals surface area contributed by atoms with Gasteiger partial charge in [-0.25, -0.2) is 0 Å².